The summed E-state index contributed by atoms with van der Waals surface area (Å²) < 4.78 is 1.01. The van der Waals surface area contributed by atoms with Crippen LogP contribution in [0.2, 0.25) is 0 Å². The van der Waals surface area contributed by atoms with E-state index in [4.69, 9.17) is 0 Å². The molecular weight excluding hydrogens is 389 g/mol. The Hall–Kier alpha value is -2.28. The van der Waals surface area contributed by atoms with E-state index in [0.717, 1.165) is 9.13 Å². The van der Waals surface area contributed by atoms with Gasteiger partial charge in [0, 0.05) is 14.7 Å². The Bertz CT molecular complexity index is 789. The lowest BCUT2D eigenvalue weighted by molar-refractivity contribution is 0.102. The van der Waals surface area contributed by atoms with Gasteiger partial charge in [-0.15, -0.1) is 0 Å². The molecule has 4 nitrogen and oxygen atoms in total. The summed E-state index contributed by atoms with van der Waals surface area (Å²) in [4.78, 5) is 20.7. The summed E-state index contributed by atoms with van der Waals surface area (Å²) in [5.41, 5.74) is 2.13. The van der Waals surface area contributed by atoms with Gasteiger partial charge in [-0.05, 0) is 40.8 Å². The lowest BCUT2D eigenvalue weighted by Crippen LogP contribution is -2.12. The van der Waals surface area contributed by atoms with Crippen molar-refractivity contribution >= 4 is 34.2 Å². The van der Waals surface area contributed by atoms with Crippen molar-refractivity contribution in [2.45, 2.75) is 0 Å². The molecule has 0 aliphatic rings. The monoisotopic (exact) mass is 401 g/mol. The van der Waals surface area contributed by atoms with Crippen molar-refractivity contribution in [1.29, 1.82) is 0 Å². The van der Waals surface area contributed by atoms with Gasteiger partial charge in [0.05, 0.1) is 18.1 Å². The number of hydrogen-bond acceptors (Lipinski definition) is 3. The van der Waals surface area contributed by atoms with Gasteiger partial charge in [-0.3, -0.25) is 4.79 Å². The van der Waals surface area contributed by atoms with Gasteiger partial charge in [-0.1, -0.05) is 36.4 Å². The average molecular weight is 401 g/mol. The highest BCUT2D eigenvalue weighted by atomic mass is 127. The summed E-state index contributed by atoms with van der Waals surface area (Å²) in [6, 6.07) is 17.1. The van der Waals surface area contributed by atoms with Crippen molar-refractivity contribution in [2.75, 3.05) is 5.32 Å². The first kappa shape index (κ1) is 14.6. The van der Waals surface area contributed by atoms with Crippen LogP contribution in [0.1, 0.15) is 10.4 Å². The fourth-order valence-corrected chi connectivity index (χ4v) is 2.50. The van der Waals surface area contributed by atoms with Crippen LogP contribution in [0.25, 0.3) is 11.4 Å². The van der Waals surface area contributed by atoms with Crippen molar-refractivity contribution in [3.05, 3.63) is 76.1 Å². The normalized spacial score (nSPS) is 10.2. The lowest BCUT2D eigenvalue weighted by Gasteiger charge is -2.06. The molecule has 5 heteroatoms. The topological polar surface area (TPSA) is 54.9 Å². The van der Waals surface area contributed by atoms with E-state index in [1.165, 1.54) is 0 Å². The molecule has 108 valence electrons. The molecule has 2 aromatic carbocycles. The van der Waals surface area contributed by atoms with E-state index in [9.17, 15) is 4.79 Å². The quantitative estimate of drug-likeness (QED) is 0.676. The van der Waals surface area contributed by atoms with Crippen LogP contribution >= 0.6 is 22.6 Å². The molecule has 0 aliphatic carbocycles. The van der Waals surface area contributed by atoms with E-state index in [2.05, 4.69) is 37.9 Å². The molecule has 1 aromatic heterocycles. The highest BCUT2D eigenvalue weighted by Crippen LogP contribution is 2.15. The average Bonchev–Trinajstić information content (AvgIpc) is 2.56. The maximum Gasteiger partial charge on any atom is 0.255 e. The number of anilines is 1. The second-order valence-corrected chi connectivity index (χ2v) is 5.87. The number of rotatable bonds is 3. The largest absolute Gasteiger partial charge is 0.319 e. The van der Waals surface area contributed by atoms with Crippen molar-refractivity contribution < 1.29 is 4.79 Å². The maximum absolute atomic E-state index is 12.2. The third kappa shape index (κ3) is 3.48. The van der Waals surface area contributed by atoms with E-state index in [-0.39, 0.29) is 5.91 Å². The molecule has 0 radical (unpaired) electrons. The van der Waals surface area contributed by atoms with E-state index in [1.54, 1.807) is 18.5 Å². The van der Waals surface area contributed by atoms with Crippen LogP contribution in [0.5, 0.6) is 0 Å². The first-order valence-corrected chi connectivity index (χ1v) is 7.74. The minimum Gasteiger partial charge on any atom is -0.319 e. The Kier molecular flexibility index (Phi) is 4.43. The SMILES string of the molecule is O=C(Nc1cnc(-c2ccccc2)nc1)c1cccc(I)c1. The van der Waals surface area contributed by atoms with Gasteiger partial charge in [0.15, 0.2) is 5.82 Å². The Morgan fingerprint density at radius 1 is 0.955 bits per heavy atom. The zero-order valence-electron chi connectivity index (χ0n) is 11.5. The van der Waals surface area contributed by atoms with Crippen molar-refractivity contribution in [1.82, 2.24) is 9.97 Å². The summed E-state index contributed by atoms with van der Waals surface area (Å²) in [6.07, 6.45) is 3.22. The standard InChI is InChI=1S/C17H12IN3O/c18-14-8-4-7-13(9-14)17(22)21-15-10-19-16(20-11-15)12-5-2-1-3-6-12/h1-11H,(H,21,22). The molecule has 0 saturated heterocycles. The number of hydrogen-bond donors (Lipinski definition) is 1. The summed E-state index contributed by atoms with van der Waals surface area (Å²) in [6.45, 7) is 0. The Balaban J connectivity index is 1.75. The van der Waals surface area contributed by atoms with Crippen LogP contribution in [0.4, 0.5) is 5.69 Å². The van der Waals surface area contributed by atoms with Gasteiger partial charge in [0.1, 0.15) is 0 Å². The van der Waals surface area contributed by atoms with Gasteiger partial charge < -0.3 is 5.32 Å². The molecule has 1 heterocycles. The number of carbonyl (C=O) groups excluding carboxylic acids is 1. The highest BCUT2D eigenvalue weighted by molar-refractivity contribution is 14.1. The minimum atomic E-state index is -0.172. The predicted octanol–water partition coefficient (Wildman–Crippen LogP) is 4.00. The molecule has 22 heavy (non-hydrogen) atoms. The van der Waals surface area contributed by atoms with Gasteiger partial charge >= 0.3 is 0 Å². The van der Waals surface area contributed by atoms with E-state index >= 15 is 0 Å². The molecule has 1 N–H and O–H groups in total. The number of amides is 1. The summed E-state index contributed by atoms with van der Waals surface area (Å²) in [5.74, 6) is 0.461. The predicted molar refractivity (Wildman–Crippen MR) is 94.6 cm³/mol. The molecule has 0 spiro atoms. The zero-order valence-corrected chi connectivity index (χ0v) is 13.7. The molecule has 0 bridgehead atoms. The molecule has 0 saturated carbocycles. The molecule has 1 amide bonds. The molecular formula is C17H12IN3O. The van der Waals surface area contributed by atoms with Crippen molar-refractivity contribution in [2.24, 2.45) is 0 Å². The summed E-state index contributed by atoms with van der Waals surface area (Å²) in [7, 11) is 0. The fraction of sp³-hybridized carbons (Fsp3) is 0. The van der Waals surface area contributed by atoms with Crippen LogP contribution in [0.15, 0.2) is 67.0 Å². The van der Waals surface area contributed by atoms with Gasteiger partial charge in [-0.25, -0.2) is 9.97 Å². The highest BCUT2D eigenvalue weighted by Gasteiger charge is 2.07. The van der Waals surface area contributed by atoms with E-state index < -0.39 is 0 Å². The Morgan fingerprint density at radius 2 is 1.68 bits per heavy atom. The van der Waals surface area contributed by atoms with Crippen LogP contribution < -0.4 is 5.32 Å². The maximum atomic E-state index is 12.2. The van der Waals surface area contributed by atoms with Crippen LogP contribution in [-0.2, 0) is 0 Å². The number of nitrogens with zero attached hydrogens (tertiary/aromatic N) is 2. The van der Waals surface area contributed by atoms with E-state index in [0.29, 0.717) is 17.1 Å². The van der Waals surface area contributed by atoms with Crippen LogP contribution in [-0.4, -0.2) is 15.9 Å². The molecule has 0 fully saturated rings. The van der Waals surface area contributed by atoms with Gasteiger partial charge in [0.2, 0.25) is 0 Å². The minimum absolute atomic E-state index is 0.172. The third-order valence-electron chi connectivity index (χ3n) is 3.03. The van der Waals surface area contributed by atoms with Crippen molar-refractivity contribution in [3.8, 4) is 11.4 Å². The summed E-state index contributed by atoms with van der Waals surface area (Å²) >= 11 is 2.18. The Morgan fingerprint density at radius 3 is 2.36 bits per heavy atom. The molecule has 0 aliphatic heterocycles. The molecule has 0 atom stereocenters. The fourth-order valence-electron chi connectivity index (χ4n) is 1.96. The van der Waals surface area contributed by atoms with Crippen molar-refractivity contribution in [3.63, 3.8) is 0 Å². The number of nitrogens with one attached hydrogen (secondary N) is 1. The summed E-state index contributed by atoms with van der Waals surface area (Å²) in [5, 5.41) is 2.80. The molecule has 0 unspecified atom stereocenters. The second kappa shape index (κ2) is 6.65. The number of aromatic nitrogens is 2. The molecule has 3 rings (SSSR count). The number of benzene rings is 2. The number of halogens is 1. The van der Waals surface area contributed by atoms with Gasteiger partial charge in [-0.2, -0.15) is 0 Å². The Labute approximate surface area is 141 Å². The first-order valence-electron chi connectivity index (χ1n) is 6.67. The van der Waals surface area contributed by atoms with Crippen LogP contribution in [0, 0.1) is 3.57 Å². The van der Waals surface area contributed by atoms with Crippen LogP contribution in [0.3, 0.4) is 0 Å². The smallest absolute Gasteiger partial charge is 0.255 e. The second-order valence-electron chi connectivity index (χ2n) is 4.63. The molecule has 3 aromatic rings. The lowest BCUT2D eigenvalue weighted by atomic mass is 10.2. The van der Waals surface area contributed by atoms with Gasteiger partial charge in [0.25, 0.3) is 5.91 Å². The zero-order chi connectivity index (χ0) is 15.4. The first-order chi connectivity index (χ1) is 10.7. The third-order valence-corrected chi connectivity index (χ3v) is 3.70. The van der Waals surface area contributed by atoms with E-state index in [1.807, 2.05) is 48.5 Å². The number of carbonyl (C=O) groups is 1.